The molecule has 0 aliphatic heterocycles. The number of thiocarbonyl (C=S) groups is 1. The van der Waals surface area contributed by atoms with Gasteiger partial charge in [0.05, 0.1) is 5.56 Å². The van der Waals surface area contributed by atoms with Gasteiger partial charge < -0.3 is 10.6 Å². The normalized spacial score (nSPS) is 11.2. The van der Waals surface area contributed by atoms with Crippen molar-refractivity contribution >= 4 is 23.0 Å². The lowest BCUT2D eigenvalue weighted by molar-refractivity contribution is -0.137. The maximum absolute atomic E-state index is 12.7. The lowest BCUT2D eigenvalue weighted by atomic mass is 10.1. The molecule has 24 heavy (non-hydrogen) atoms. The van der Waals surface area contributed by atoms with Crippen LogP contribution >= 0.6 is 12.2 Å². The summed E-state index contributed by atoms with van der Waals surface area (Å²) < 4.78 is 38.0. The largest absolute Gasteiger partial charge is 0.416 e. The van der Waals surface area contributed by atoms with Crippen molar-refractivity contribution in [2.24, 2.45) is 0 Å². The van der Waals surface area contributed by atoms with Gasteiger partial charge in [-0.1, -0.05) is 35.9 Å². The van der Waals surface area contributed by atoms with Crippen molar-refractivity contribution in [3.8, 4) is 0 Å². The van der Waals surface area contributed by atoms with Gasteiger partial charge in [0.25, 0.3) is 0 Å². The summed E-state index contributed by atoms with van der Waals surface area (Å²) in [5, 5.41) is 6.11. The van der Waals surface area contributed by atoms with Crippen molar-refractivity contribution in [2.75, 3.05) is 11.9 Å². The van der Waals surface area contributed by atoms with Gasteiger partial charge in [0, 0.05) is 12.2 Å². The number of rotatable bonds is 5. The fourth-order valence-electron chi connectivity index (χ4n) is 2.31. The Balaban J connectivity index is 1.77. The number of anilines is 1. The summed E-state index contributed by atoms with van der Waals surface area (Å²) in [6.45, 7) is 2.70. The summed E-state index contributed by atoms with van der Waals surface area (Å²) in [7, 11) is 0. The Morgan fingerprint density at radius 2 is 1.83 bits per heavy atom. The molecule has 0 aromatic heterocycles. The highest BCUT2D eigenvalue weighted by atomic mass is 32.1. The molecule has 2 rings (SSSR count). The molecule has 0 fully saturated rings. The van der Waals surface area contributed by atoms with Crippen LogP contribution in [-0.4, -0.2) is 11.7 Å². The molecule has 2 N–H and O–H groups in total. The first-order valence-corrected chi connectivity index (χ1v) is 8.03. The second kappa shape index (κ2) is 8.15. The summed E-state index contributed by atoms with van der Waals surface area (Å²) in [6.07, 6.45) is -2.56. The van der Waals surface area contributed by atoms with Gasteiger partial charge in [-0.05, 0) is 55.7 Å². The van der Waals surface area contributed by atoms with Gasteiger partial charge in [0.15, 0.2) is 5.11 Å². The second-order valence-electron chi connectivity index (χ2n) is 5.55. The van der Waals surface area contributed by atoms with Crippen LogP contribution in [0.4, 0.5) is 18.9 Å². The Bertz CT molecular complexity index is 699. The molecule has 0 saturated heterocycles. The minimum absolute atomic E-state index is 0.318. The van der Waals surface area contributed by atoms with Gasteiger partial charge in [-0.25, -0.2) is 0 Å². The molecule has 0 radical (unpaired) electrons. The third kappa shape index (κ3) is 5.85. The maximum atomic E-state index is 12.7. The van der Waals surface area contributed by atoms with E-state index in [9.17, 15) is 13.2 Å². The van der Waals surface area contributed by atoms with E-state index in [1.54, 1.807) is 6.07 Å². The van der Waals surface area contributed by atoms with Crippen molar-refractivity contribution in [2.45, 2.75) is 25.9 Å². The fourth-order valence-corrected chi connectivity index (χ4v) is 2.53. The Morgan fingerprint density at radius 3 is 2.54 bits per heavy atom. The van der Waals surface area contributed by atoms with Crippen LogP contribution in [0.1, 0.15) is 23.1 Å². The van der Waals surface area contributed by atoms with Crippen LogP contribution in [0.25, 0.3) is 0 Å². The van der Waals surface area contributed by atoms with E-state index in [-0.39, 0.29) is 0 Å². The molecule has 0 amide bonds. The van der Waals surface area contributed by atoms with E-state index in [0.717, 1.165) is 25.0 Å². The molecular weight excluding hydrogens is 333 g/mol. The first-order chi connectivity index (χ1) is 11.3. The van der Waals surface area contributed by atoms with E-state index in [1.807, 2.05) is 6.07 Å². The minimum atomic E-state index is -4.36. The average molecular weight is 352 g/mol. The van der Waals surface area contributed by atoms with E-state index in [1.165, 1.54) is 17.2 Å². The summed E-state index contributed by atoms with van der Waals surface area (Å²) in [6, 6.07) is 13.3. The fraction of sp³-hybridized carbons (Fsp3) is 0.278. The van der Waals surface area contributed by atoms with Crippen molar-refractivity contribution in [1.29, 1.82) is 0 Å². The molecule has 0 heterocycles. The topological polar surface area (TPSA) is 24.1 Å². The predicted octanol–water partition coefficient (Wildman–Crippen LogP) is 4.93. The molecule has 0 spiro atoms. The number of hydrogen-bond acceptors (Lipinski definition) is 1. The van der Waals surface area contributed by atoms with Crippen LogP contribution in [0.3, 0.4) is 0 Å². The maximum Gasteiger partial charge on any atom is 0.416 e. The van der Waals surface area contributed by atoms with Crippen LogP contribution < -0.4 is 10.6 Å². The Morgan fingerprint density at radius 1 is 1.08 bits per heavy atom. The van der Waals surface area contributed by atoms with Gasteiger partial charge in [-0.2, -0.15) is 13.2 Å². The van der Waals surface area contributed by atoms with Crippen molar-refractivity contribution in [3.05, 3.63) is 65.2 Å². The number of alkyl halides is 3. The van der Waals surface area contributed by atoms with Gasteiger partial charge in [0.1, 0.15) is 0 Å². The molecule has 0 atom stereocenters. The molecule has 0 unspecified atom stereocenters. The van der Waals surface area contributed by atoms with Crippen LogP contribution in [-0.2, 0) is 12.6 Å². The molecule has 2 aromatic carbocycles. The van der Waals surface area contributed by atoms with Gasteiger partial charge in [-0.15, -0.1) is 0 Å². The number of benzene rings is 2. The van der Waals surface area contributed by atoms with Crippen molar-refractivity contribution < 1.29 is 13.2 Å². The van der Waals surface area contributed by atoms with Crippen LogP contribution in [0.5, 0.6) is 0 Å². The molecule has 0 saturated carbocycles. The SMILES string of the molecule is Cc1cccc(CCCNC(=S)Nc2cccc(C(F)(F)F)c2)c1. The van der Waals surface area contributed by atoms with Crippen molar-refractivity contribution in [1.82, 2.24) is 5.32 Å². The van der Waals surface area contributed by atoms with Gasteiger partial charge in [0.2, 0.25) is 0 Å². The van der Waals surface area contributed by atoms with E-state index >= 15 is 0 Å². The minimum Gasteiger partial charge on any atom is -0.362 e. The van der Waals surface area contributed by atoms with Crippen LogP contribution in [0, 0.1) is 6.92 Å². The van der Waals surface area contributed by atoms with Crippen molar-refractivity contribution in [3.63, 3.8) is 0 Å². The zero-order chi connectivity index (χ0) is 17.6. The number of halogens is 3. The lowest BCUT2D eigenvalue weighted by Crippen LogP contribution is -2.29. The zero-order valence-electron chi connectivity index (χ0n) is 13.3. The highest BCUT2D eigenvalue weighted by Gasteiger charge is 2.30. The van der Waals surface area contributed by atoms with E-state index in [4.69, 9.17) is 12.2 Å². The zero-order valence-corrected chi connectivity index (χ0v) is 14.1. The summed E-state index contributed by atoms with van der Waals surface area (Å²) in [5.41, 5.74) is 2.10. The Labute approximate surface area is 145 Å². The molecule has 0 aliphatic rings. The Hall–Kier alpha value is -2.08. The lowest BCUT2D eigenvalue weighted by Gasteiger charge is -2.12. The monoisotopic (exact) mass is 352 g/mol. The first-order valence-electron chi connectivity index (χ1n) is 7.62. The predicted molar refractivity (Wildman–Crippen MR) is 95.2 cm³/mol. The smallest absolute Gasteiger partial charge is 0.362 e. The molecule has 0 aliphatic carbocycles. The quantitative estimate of drug-likeness (QED) is 0.589. The third-order valence-electron chi connectivity index (χ3n) is 3.46. The van der Waals surface area contributed by atoms with Gasteiger partial charge >= 0.3 is 6.18 Å². The number of hydrogen-bond donors (Lipinski definition) is 2. The molecule has 2 aromatic rings. The van der Waals surface area contributed by atoms with E-state index in [0.29, 0.717) is 17.3 Å². The van der Waals surface area contributed by atoms with Crippen LogP contribution in [0.15, 0.2) is 48.5 Å². The van der Waals surface area contributed by atoms with Gasteiger partial charge in [-0.3, -0.25) is 0 Å². The molecule has 0 bridgehead atoms. The average Bonchev–Trinajstić information content (AvgIpc) is 2.51. The first kappa shape index (κ1) is 18.3. The standard InChI is InChI=1S/C18H19F3N2S/c1-13-5-2-6-14(11-13)7-4-10-22-17(24)23-16-9-3-8-15(12-16)18(19,20)21/h2-3,5-6,8-9,11-12H,4,7,10H2,1H3,(H2,22,23,24). The molecule has 2 nitrogen and oxygen atoms in total. The second-order valence-corrected chi connectivity index (χ2v) is 5.96. The molecule has 128 valence electrons. The van der Waals surface area contributed by atoms with E-state index in [2.05, 4.69) is 35.8 Å². The number of nitrogens with one attached hydrogen (secondary N) is 2. The summed E-state index contributed by atoms with van der Waals surface area (Å²) in [4.78, 5) is 0. The summed E-state index contributed by atoms with van der Waals surface area (Å²) in [5.74, 6) is 0. The van der Waals surface area contributed by atoms with E-state index < -0.39 is 11.7 Å². The highest BCUT2D eigenvalue weighted by Crippen LogP contribution is 2.30. The highest BCUT2D eigenvalue weighted by molar-refractivity contribution is 7.80. The summed E-state index contributed by atoms with van der Waals surface area (Å²) >= 11 is 5.12. The molecular formula is C18H19F3N2S. The molecule has 6 heteroatoms. The van der Waals surface area contributed by atoms with Crippen LogP contribution in [0.2, 0.25) is 0 Å². The Kier molecular flexibility index (Phi) is 6.20. The third-order valence-corrected chi connectivity index (χ3v) is 3.70. The number of aryl methyl sites for hydroxylation is 2.